The number of aromatic nitrogens is 2. The molecule has 2 heterocycles. The molecular formula is C13H19F3N4O. The minimum Gasteiger partial charge on any atom is -0.372 e. The summed E-state index contributed by atoms with van der Waals surface area (Å²) in [7, 11) is 0. The molecule has 1 aromatic heterocycles. The molecule has 0 radical (unpaired) electrons. The second kappa shape index (κ2) is 5.67. The van der Waals surface area contributed by atoms with Crippen molar-refractivity contribution in [3.63, 3.8) is 0 Å². The van der Waals surface area contributed by atoms with E-state index in [1.165, 1.54) is 0 Å². The van der Waals surface area contributed by atoms with Crippen LogP contribution in [0.4, 0.5) is 24.8 Å². The van der Waals surface area contributed by atoms with Crippen molar-refractivity contribution in [3.8, 4) is 0 Å². The van der Waals surface area contributed by atoms with Crippen LogP contribution in [0.1, 0.15) is 26.6 Å². The van der Waals surface area contributed by atoms with Crippen molar-refractivity contribution in [2.24, 2.45) is 0 Å². The maximum atomic E-state index is 12.9. The van der Waals surface area contributed by atoms with Gasteiger partial charge in [0.2, 0.25) is 5.82 Å². The standard InChI is InChI=1S/C13H19F3N4O/c1-4-17-9-7-10(19-11(18-9)13(14,15)16)20-5-6-21-12(2,3)8-20/h7H,4-6,8H2,1-3H3,(H,17,18,19). The molecule has 118 valence electrons. The van der Waals surface area contributed by atoms with Crippen LogP contribution in [0.3, 0.4) is 0 Å². The largest absolute Gasteiger partial charge is 0.451 e. The van der Waals surface area contributed by atoms with Crippen molar-refractivity contribution in [2.45, 2.75) is 32.5 Å². The van der Waals surface area contributed by atoms with Crippen molar-refractivity contribution in [2.75, 3.05) is 36.5 Å². The van der Waals surface area contributed by atoms with Crippen molar-refractivity contribution in [3.05, 3.63) is 11.9 Å². The zero-order chi connectivity index (χ0) is 15.7. The lowest BCUT2D eigenvalue weighted by molar-refractivity contribution is -0.144. The molecule has 1 saturated heterocycles. The number of ether oxygens (including phenoxy) is 1. The van der Waals surface area contributed by atoms with E-state index in [1.54, 1.807) is 17.9 Å². The highest BCUT2D eigenvalue weighted by molar-refractivity contribution is 5.50. The topological polar surface area (TPSA) is 50.3 Å². The van der Waals surface area contributed by atoms with Crippen LogP contribution >= 0.6 is 0 Å². The molecule has 0 atom stereocenters. The third kappa shape index (κ3) is 3.96. The summed E-state index contributed by atoms with van der Waals surface area (Å²) in [6, 6.07) is 1.54. The summed E-state index contributed by atoms with van der Waals surface area (Å²) in [4.78, 5) is 8.98. The SMILES string of the molecule is CCNc1cc(N2CCOC(C)(C)C2)nc(C(F)(F)F)n1. The Hall–Kier alpha value is -1.57. The van der Waals surface area contributed by atoms with Crippen LogP contribution in [0.5, 0.6) is 0 Å². The average molecular weight is 304 g/mol. The van der Waals surface area contributed by atoms with E-state index in [9.17, 15) is 13.2 Å². The predicted molar refractivity (Wildman–Crippen MR) is 73.4 cm³/mol. The molecule has 1 aliphatic rings. The van der Waals surface area contributed by atoms with Gasteiger partial charge < -0.3 is 15.0 Å². The Balaban J connectivity index is 2.35. The zero-order valence-corrected chi connectivity index (χ0v) is 12.3. The first-order valence-electron chi connectivity index (χ1n) is 6.80. The van der Waals surface area contributed by atoms with Crippen LogP contribution in [0.2, 0.25) is 0 Å². The van der Waals surface area contributed by atoms with E-state index in [0.29, 0.717) is 26.2 Å². The fraction of sp³-hybridized carbons (Fsp3) is 0.692. The summed E-state index contributed by atoms with van der Waals surface area (Å²) in [6.07, 6.45) is -4.57. The third-order valence-electron chi connectivity index (χ3n) is 3.07. The number of hydrogen-bond acceptors (Lipinski definition) is 5. The van der Waals surface area contributed by atoms with Crippen molar-refractivity contribution in [1.82, 2.24) is 9.97 Å². The molecule has 0 spiro atoms. The molecular weight excluding hydrogens is 285 g/mol. The van der Waals surface area contributed by atoms with Gasteiger partial charge in [0, 0.05) is 25.7 Å². The fourth-order valence-electron chi connectivity index (χ4n) is 2.21. The molecule has 21 heavy (non-hydrogen) atoms. The lowest BCUT2D eigenvalue weighted by Gasteiger charge is -2.38. The summed E-state index contributed by atoms with van der Waals surface area (Å²) < 4.78 is 44.3. The number of anilines is 2. The molecule has 2 rings (SSSR count). The van der Waals surface area contributed by atoms with Gasteiger partial charge >= 0.3 is 6.18 Å². The first kappa shape index (κ1) is 15.8. The number of morpholine rings is 1. The fourth-order valence-corrected chi connectivity index (χ4v) is 2.21. The molecule has 8 heteroatoms. The number of nitrogens with one attached hydrogen (secondary N) is 1. The molecule has 0 aliphatic carbocycles. The second-order valence-electron chi connectivity index (χ2n) is 5.49. The highest BCUT2D eigenvalue weighted by atomic mass is 19.4. The Kier molecular flexibility index (Phi) is 4.27. The van der Waals surface area contributed by atoms with Gasteiger partial charge in [0.15, 0.2) is 0 Å². The molecule has 1 aromatic rings. The van der Waals surface area contributed by atoms with Gasteiger partial charge in [-0.3, -0.25) is 0 Å². The van der Waals surface area contributed by atoms with E-state index in [2.05, 4.69) is 15.3 Å². The minimum absolute atomic E-state index is 0.180. The molecule has 0 saturated carbocycles. The summed E-state index contributed by atoms with van der Waals surface area (Å²) in [5.74, 6) is -0.677. The summed E-state index contributed by atoms with van der Waals surface area (Å²) in [6.45, 7) is 7.52. The van der Waals surface area contributed by atoms with E-state index < -0.39 is 17.6 Å². The minimum atomic E-state index is -4.57. The van der Waals surface area contributed by atoms with E-state index in [1.807, 2.05) is 13.8 Å². The first-order chi connectivity index (χ1) is 9.71. The molecule has 0 unspecified atom stereocenters. The summed E-state index contributed by atoms with van der Waals surface area (Å²) in [5, 5.41) is 2.81. The average Bonchev–Trinajstić information content (AvgIpc) is 2.36. The number of hydrogen-bond donors (Lipinski definition) is 1. The van der Waals surface area contributed by atoms with Crippen LogP contribution in [-0.2, 0) is 10.9 Å². The normalized spacial score (nSPS) is 18.7. The Morgan fingerprint density at radius 1 is 1.38 bits per heavy atom. The maximum Gasteiger partial charge on any atom is 0.451 e. The molecule has 0 aromatic carbocycles. The Labute approximate surface area is 121 Å². The highest BCUT2D eigenvalue weighted by Crippen LogP contribution is 2.30. The summed E-state index contributed by atoms with van der Waals surface area (Å²) in [5.41, 5.74) is -0.417. The zero-order valence-electron chi connectivity index (χ0n) is 12.3. The van der Waals surface area contributed by atoms with Crippen LogP contribution in [0.15, 0.2) is 6.07 Å². The van der Waals surface area contributed by atoms with E-state index in [4.69, 9.17) is 4.74 Å². The van der Waals surface area contributed by atoms with Crippen molar-refractivity contribution in [1.29, 1.82) is 0 Å². The molecule has 1 fully saturated rings. The van der Waals surface area contributed by atoms with Gasteiger partial charge in [-0.2, -0.15) is 13.2 Å². The van der Waals surface area contributed by atoms with Gasteiger partial charge in [-0.05, 0) is 20.8 Å². The van der Waals surface area contributed by atoms with Gasteiger partial charge in [-0.1, -0.05) is 0 Å². The predicted octanol–water partition coefficient (Wildman–Crippen LogP) is 2.54. The quantitative estimate of drug-likeness (QED) is 0.930. The second-order valence-corrected chi connectivity index (χ2v) is 5.49. The summed E-state index contributed by atoms with van der Waals surface area (Å²) >= 11 is 0. The third-order valence-corrected chi connectivity index (χ3v) is 3.07. The number of alkyl halides is 3. The number of nitrogens with zero attached hydrogens (tertiary/aromatic N) is 3. The highest BCUT2D eigenvalue weighted by Gasteiger charge is 2.36. The van der Waals surface area contributed by atoms with Crippen molar-refractivity contribution < 1.29 is 17.9 Å². The van der Waals surface area contributed by atoms with Crippen LogP contribution in [0, 0.1) is 0 Å². The smallest absolute Gasteiger partial charge is 0.372 e. The van der Waals surface area contributed by atoms with Gasteiger partial charge in [0.1, 0.15) is 11.6 Å². The van der Waals surface area contributed by atoms with E-state index in [0.717, 1.165) is 0 Å². The Bertz CT molecular complexity index is 505. The molecule has 5 nitrogen and oxygen atoms in total. The number of halogens is 3. The van der Waals surface area contributed by atoms with Crippen molar-refractivity contribution >= 4 is 11.6 Å². The Morgan fingerprint density at radius 2 is 2.10 bits per heavy atom. The maximum absolute atomic E-state index is 12.9. The van der Waals surface area contributed by atoms with Gasteiger partial charge in [-0.15, -0.1) is 0 Å². The number of rotatable bonds is 3. The van der Waals surface area contributed by atoms with Crippen LogP contribution in [0.25, 0.3) is 0 Å². The van der Waals surface area contributed by atoms with Crippen LogP contribution < -0.4 is 10.2 Å². The Morgan fingerprint density at radius 3 is 2.67 bits per heavy atom. The molecule has 0 amide bonds. The monoisotopic (exact) mass is 304 g/mol. The molecule has 0 bridgehead atoms. The lowest BCUT2D eigenvalue weighted by atomic mass is 10.1. The van der Waals surface area contributed by atoms with E-state index >= 15 is 0 Å². The van der Waals surface area contributed by atoms with E-state index in [-0.39, 0.29) is 11.6 Å². The van der Waals surface area contributed by atoms with Gasteiger partial charge in [0.25, 0.3) is 0 Å². The van der Waals surface area contributed by atoms with Gasteiger partial charge in [0.05, 0.1) is 12.2 Å². The lowest BCUT2D eigenvalue weighted by Crippen LogP contribution is -2.48. The molecule has 1 N–H and O–H groups in total. The molecule has 1 aliphatic heterocycles. The first-order valence-corrected chi connectivity index (χ1v) is 6.80. The van der Waals surface area contributed by atoms with Crippen LogP contribution in [-0.4, -0.2) is 41.8 Å². The van der Waals surface area contributed by atoms with Gasteiger partial charge in [-0.25, -0.2) is 9.97 Å².